The number of piperidine rings is 1. The Bertz CT molecular complexity index is 1720. The number of ether oxygens (including phenoxy) is 2. The summed E-state index contributed by atoms with van der Waals surface area (Å²) in [6.45, 7) is 8.83. The third kappa shape index (κ3) is 5.96. The molecule has 1 aliphatic heterocycles. The standard InChI is InChI=1S/C32H39BrN6O4/c1-18-7-11-22(34-31(41)43-32(2,3)4)17-38(18)30(40)21-13-23-27(25(15-21)42-6)37(5)29(35-23)24-14-20-10-12-26(33)36-28(20)39(24)16-19-8-9-19/h10,12-15,18-19,22H,7-9,11,16-17H2,1-6H3,(H,34,41)/t18-,22+/m0/s1. The molecule has 0 unspecified atom stereocenters. The van der Waals surface area contributed by atoms with Gasteiger partial charge in [-0.1, -0.05) is 0 Å². The number of nitrogens with zero attached hydrogens (tertiary/aromatic N) is 5. The first-order valence-corrected chi connectivity index (χ1v) is 15.7. The number of carbonyl (C=O) groups excluding carboxylic acids is 2. The second-order valence-corrected chi connectivity index (χ2v) is 13.7. The quantitative estimate of drug-likeness (QED) is 0.246. The fourth-order valence-corrected chi connectivity index (χ4v) is 6.30. The number of alkyl carbamates (subject to hydrolysis) is 1. The summed E-state index contributed by atoms with van der Waals surface area (Å²) in [5.74, 6) is 1.90. The number of aromatic nitrogens is 4. The Morgan fingerprint density at radius 3 is 2.56 bits per heavy atom. The van der Waals surface area contributed by atoms with Crippen LogP contribution in [0.3, 0.4) is 0 Å². The highest BCUT2D eigenvalue weighted by atomic mass is 79.9. The monoisotopic (exact) mass is 650 g/mol. The van der Waals surface area contributed by atoms with E-state index in [1.54, 1.807) is 13.2 Å². The maximum absolute atomic E-state index is 14.0. The van der Waals surface area contributed by atoms with E-state index in [4.69, 9.17) is 19.4 Å². The van der Waals surface area contributed by atoms with Crippen LogP contribution in [0.25, 0.3) is 33.6 Å². The number of pyridine rings is 1. The van der Waals surface area contributed by atoms with Crippen LogP contribution in [0.4, 0.5) is 4.79 Å². The van der Waals surface area contributed by atoms with Crippen LogP contribution in [0.5, 0.6) is 5.75 Å². The molecule has 1 aromatic carbocycles. The van der Waals surface area contributed by atoms with Gasteiger partial charge in [0.15, 0.2) is 5.82 Å². The number of benzene rings is 1. The Kier molecular flexibility index (Phi) is 7.64. The highest BCUT2D eigenvalue weighted by Crippen LogP contribution is 2.38. The summed E-state index contributed by atoms with van der Waals surface area (Å²) in [5, 5.41) is 4.00. The van der Waals surface area contributed by atoms with Gasteiger partial charge >= 0.3 is 6.09 Å². The van der Waals surface area contributed by atoms with Crippen LogP contribution in [0, 0.1) is 5.92 Å². The first kappa shape index (κ1) is 29.5. The number of likely N-dealkylation sites (tertiary alicyclic amines) is 1. The van der Waals surface area contributed by atoms with E-state index in [0.29, 0.717) is 29.3 Å². The van der Waals surface area contributed by atoms with Crippen LogP contribution >= 0.6 is 15.9 Å². The number of aryl methyl sites for hydroxylation is 1. The van der Waals surface area contributed by atoms with Crippen LogP contribution < -0.4 is 10.1 Å². The van der Waals surface area contributed by atoms with Crippen molar-refractivity contribution in [3.8, 4) is 17.3 Å². The van der Waals surface area contributed by atoms with Crippen molar-refractivity contribution in [2.75, 3.05) is 13.7 Å². The first-order valence-electron chi connectivity index (χ1n) is 14.9. The van der Waals surface area contributed by atoms with Crippen molar-refractivity contribution in [2.24, 2.45) is 13.0 Å². The third-order valence-electron chi connectivity index (χ3n) is 8.34. The summed E-state index contributed by atoms with van der Waals surface area (Å²) in [6.07, 6.45) is 3.52. The molecule has 10 nitrogen and oxygen atoms in total. The average molecular weight is 652 g/mol. The summed E-state index contributed by atoms with van der Waals surface area (Å²) >= 11 is 3.54. The summed E-state index contributed by atoms with van der Waals surface area (Å²) in [6, 6.07) is 9.66. The molecule has 1 saturated heterocycles. The second kappa shape index (κ2) is 11.2. The second-order valence-electron chi connectivity index (χ2n) is 12.9. The zero-order valence-electron chi connectivity index (χ0n) is 25.6. The Morgan fingerprint density at radius 1 is 1.09 bits per heavy atom. The normalized spacial score (nSPS) is 19.2. The molecule has 1 N–H and O–H groups in total. The third-order valence-corrected chi connectivity index (χ3v) is 8.78. The fourth-order valence-electron chi connectivity index (χ4n) is 6.00. The predicted molar refractivity (Wildman–Crippen MR) is 169 cm³/mol. The van der Waals surface area contributed by atoms with E-state index in [1.807, 2.05) is 56.3 Å². The van der Waals surface area contributed by atoms with E-state index in [9.17, 15) is 9.59 Å². The van der Waals surface area contributed by atoms with Gasteiger partial charge in [0.2, 0.25) is 0 Å². The minimum Gasteiger partial charge on any atom is -0.494 e. The first-order chi connectivity index (χ1) is 20.4. The lowest BCUT2D eigenvalue weighted by Crippen LogP contribution is -2.53. The van der Waals surface area contributed by atoms with Crippen LogP contribution in [-0.2, 0) is 18.3 Å². The molecule has 2 fully saturated rings. The molecular weight excluding hydrogens is 612 g/mol. The molecule has 11 heteroatoms. The van der Waals surface area contributed by atoms with Crippen molar-refractivity contribution in [1.82, 2.24) is 29.3 Å². The molecule has 2 amide bonds. The zero-order valence-corrected chi connectivity index (χ0v) is 27.2. The van der Waals surface area contributed by atoms with Crippen LogP contribution in [0.15, 0.2) is 34.9 Å². The van der Waals surface area contributed by atoms with Gasteiger partial charge in [0, 0.05) is 43.2 Å². The van der Waals surface area contributed by atoms with Gasteiger partial charge in [-0.2, -0.15) is 0 Å². The molecule has 2 aliphatic rings. The number of carbonyl (C=O) groups is 2. The molecule has 228 valence electrons. The van der Waals surface area contributed by atoms with Crippen molar-refractivity contribution >= 4 is 50.0 Å². The molecule has 6 rings (SSSR count). The topological polar surface area (TPSA) is 104 Å². The highest BCUT2D eigenvalue weighted by molar-refractivity contribution is 9.10. The Balaban J connectivity index is 1.34. The smallest absolute Gasteiger partial charge is 0.407 e. The largest absolute Gasteiger partial charge is 0.494 e. The van der Waals surface area contributed by atoms with E-state index in [-0.39, 0.29) is 18.0 Å². The van der Waals surface area contributed by atoms with Crippen molar-refractivity contribution in [2.45, 2.75) is 77.6 Å². The average Bonchev–Trinajstić information content (AvgIpc) is 3.62. The highest BCUT2D eigenvalue weighted by Gasteiger charge is 2.33. The Hall–Kier alpha value is -3.60. The number of imidazole rings is 1. The summed E-state index contributed by atoms with van der Waals surface area (Å²) in [4.78, 5) is 38.1. The van der Waals surface area contributed by atoms with Crippen molar-refractivity contribution < 1.29 is 19.1 Å². The number of rotatable bonds is 6. The van der Waals surface area contributed by atoms with Crippen molar-refractivity contribution in [3.63, 3.8) is 0 Å². The molecule has 3 aromatic heterocycles. The van der Waals surface area contributed by atoms with Crippen LogP contribution in [0.2, 0.25) is 0 Å². The van der Waals surface area contributed by atoms with E-state index >= 15 is 0 Å². The van der Waals surface area contributed by atoms with E-state index in [2.05, 4.69) is 37.9 Å². The minimum atomic E-state index is -0.589. The maximum atomic E-state index is 14.0. The molecule has 0 spiro atoms. The molecule has 4 aromatic rings. The summed E-state index contributed by atoms with van der Waals surface area (Å²) < 4.78 is 16.4. The zero-order chi connectivity index (χ0) is 30.6. The molecule has 2 atom stereocenters. The molecule has 0 radical (unpaired) electrons. The number of halogens is 1. The molecule has 1 saturated carbocycles. The van der Waals surface area contributed by atoms with Gasteiger partial charge in [-0.3, -0.25) is 4.79 Å². The van der Waals surface area contributed by atoms with Gasteiger partial charge < -0.3 is 28.8 Å². The molecular formula is C32H39BrN6O4. The van der Waals surface area contributed by atoms with Gasteiger partial charge in [-0.25, -0.2) is 14.8 Å². The van der Waals surface area contributed by atoms with Gasteiger partial charge in [0.25, 0.3) is 5.91 Å². The van der Waals surface area contributed by atoms with Crippen molar-refractivity contribution in [1.29, 1.82) is 0 Å². The molecule has 4 heterocycles. The SMILES string of the molecule is COc1cc(C(=O)N2C[C@H](NC(=O)OC(C)(C)C)CC[C@@H]2C)cc2nc(-c3cc4ccc(Br)nc4n3CC3CC3)n(C)c12. The van der Waals surface area contributed by atoms with Gasteiger partial charge in [0.05, 0.1) is 18.3 Å². The number of methoxy groups -OCH3 is 1. The van der Waals surface area contributed by atoms with E-state index in [0.717, 1.165) is 52.1 Å². The van der Waals surface area contributed by atoms with Gasteiger partial charge in [0.1, 0.15) is 27.1 Å². The van der Waals surface area contributed by atoms with Crippen molar-refractivity contribution in [3.05, 3.63) is 40.5 Å². The maximum Gasteiger partial charge on any atom is 0.407 e. The predicted octanol–water partition coefficient (Wildman–Crippen LogP) is 6.29. The number of hydrogen-bond acceptors (Lipinski definition) is 6. The van der Waals surface area contributed by atoms with E-state index in [1.165, 1.54) is 12.8 Å². The number of amides is 2. The Labute approximate surface area is 259 Å². The van der Waals surface area contributed by atoms with E-state index < -0.39 is 11.7 Å². The number of nitrogens with one attached hydrogen (secondary N) is 1. The van der Waals surface area contributed by atoms with Gasteiger partial charge in [-0.15, -0.1) is 0 Å². The minimum absolute atomic E-state index is 0.0233. The summed E-state index contributed by atoms with van der Waals surface area (Å²) in [7, 11) is 3.60. The molecule has 0 bridgehead atoms. The lowest BCUT2D eigenvalue weighted by Gasteiger charge is -2.38. The Morgan fingerprint density at radius 2 is 1.86 bits per heavy atom. The lowest BCUT2D eigenvalue weighted by atomic mass is 9.98. The summed E-state index contributed by atoms with van der Waals surface area (Å²) in [5.41, 5.74) is 3.34. The molecule has 1 aliphatic carbocycles. The fraction of sp³-hybridized carbons (Fsp3) is 0.500. The van der Waals surface area contributed by atoms with Gasteiger partial charge in [-0.05, 0) is 106 Å². The number of fused-ring (bicyclic) bond motifs is 2. The van der Waals surface area contributed by atoms with Crippen LogP contribution in [-0.4, -0.2) is 67.3 Å². The lowest BCUT2D eigenvalue weighted by molar-refractivity contribution is 0.0412. The van der Waals surface area contributed by atoms with Crippen LogP contribution in [0.1, 0.15) is 63.7 Å². The molecule has 43 heavy (non-hydrogen) atoms. The number of hydrogen-bond donors (Lipinski definition) is 1.